The summed E-state index contributed by atoms with van der Waals surface area (Å²) in [6.07, 6.45) is 4.07. The van der Waals surface area contributed by atoms with Crippen molar-refractivity contribution in [3.8, 4) is 0 Å². The second-order valence-electron chi connectivity index (χ2n) is 19.0. The van der Waals surface area contributed by atoms with Gasteiger partial charge in [-0.25, -0.2) is 0 Å². The monoisotopic (exact) mass is 998 g/mol. The van der Waals surface area contributed by atoms with Gasteiger partial charge in [0.15, 0.2) is 0 Å². The molecule has 11 N–H and O–H groups in total. The zero-order valence-electron chi connectivity index (χ0n) is 41.8. The van der Waals surface area contributed by atoms with Gasteiger partial charge in [0, 0.05) is 55.7 Å². The van der Waals surface area contributed by atoms with Gasteiger partial charge in [0.1, 0.15) is 36.3 Å². The van der Waals surface area contributed by atoms with E-state index >= 15 is 0 Å². The molecular weight excluding hydrogens is 927 g/mol. The number of aryl methyl sites for hydroxylation is 1. The molecule has 1 fully saturated rings. The predicted octanol–water partition coefficient (Wildman–Crippen LogP) is 3.25. The lowest BCUT2D eigenvalue weighted by molar-refractivity contribution is -0.136. The van der Waals surface area contributed by atoms with Crippen molar-refractivity contribution in [2.45, 2.75) is 133 Å². The summed E-state index contributed by atoms with van der Waals surface area (Å²) in [7, 11) is 0. The van der Waals surface area contributed by atoms with Gasteiger partial charge in [0.25, 0.3) is 0 Å². The minimum atomic E-state index is -1.54. The molecule has 6 rings (SSSR count). The number of H-pyrrole nitrogens is 1. The molecule has 4 aromatic carbocycles. The van der Waals surface area contributed by atoms with Crippen molar-refractivity contribution in [3.05, 3.63) is 143 Å². The Morgan fingerprint density at radius 1 is 0.548 bits per heavy atom. The number of hydrogen-bond acceptors (Lipinski definition) is 9. The summed E-state index contributed by atoms with van der Waals surface area (Å²) in [5.41, 5.74) is 10.6. The minimum absolute atomic E-state index is 0.0324. The number of aliphatic hydroxyl groups is 1. The van der Waals surface area contributed by atoms with Gasteiger partial charge in [-0.1, -0.05) is 115 Å². The molecule has 0 aliphatic carbocycles. The highest BCUT2D eigenvalue weighted by molar-refractivity contribution is 5.98. The average molecular weight is 998 g/mol. The summed E-state index contributed by atoms with van der Waals surface area (Å²) in [4.78, 5) is 103. The zero-order chi connectivity index (χ0) is 52.1. The number of carbonyl (C=O) groups is 7. The Morgan fingerprint density at radius 3 is 1.60 bits per heavy atom. The summed E-state index contributed by atoms with van der Waals surface area (Å²) in [6, 6.07) is 25.7. The van der Waals surface area contributed by atoms with Gasteiger partial charge in [-0.05, 0) is 86.9 Å². The maximum Gasteiger partial charge on any atom is 0.245 e. The molecule has 0 bridgehead atoms. The van der Waals surface area contributed by atoms with E-state index in [4.69, 9.17) is 5.73 Å². The Bertz CT molecular complexity index is 2610. The third-order valence-corrected chi connectivity index (χ3v) is 13.0. The Balaban J connectivity index is 1.36. The van der Waals surface area contributed by atoms with Crippen LogP contribution < -0.4 is 43.0 Å². The number of aromatic nitrogens is 1. The van der Waals surface area contributed by atoms with Gasteiger partial charge in [0.05, 0.1) is 6.10 Å². The molecule has 17 nitrogen and oxygen atoms in total. The predicted molar refractivity (Wildman–Crippen MR) is 279 cm³/mol. The van der Waals surface area contributed by atoms with E-state index in [0.717, 1.165) is 33.2 Å². The number of aromatic amines is 1. The van der Waals surface area contributed by atoms with E-state index in [1.165, 1.54) is 6.92 Å². The zero-order valence-corrected chi connectivity index (χ0v) is 41.8. The number of fused-ring (bicyclic) bond motifs is 1. The number of nitrogens with one attached hydrogen (secondary N) is 8. The van der Waals surface area contributed by atoms with E-state index in [1.54, 1.807) is 6.20 Å². The highest BCUT2D eigenvalue weighted by Gasteiger charge is 2.35. The maximum absolute atomic E-state index is 14.8. The lowest BCUT2D eigenvalue weighted by atomic mass is 9.99. The van der Waals surface area contributed by atoms with Gasteiger partial charge in [-0.3, -0.25) is 33.6 Å². The summed E-state index contributed by atoms with van der Waals surface area (Å²) >= 11 is 0. The summed E-state index contributed by atoms with van der Waals surface area (Å²) < 4.78 is 0. The molecule has 0 spiro atoms. The van der Waals surface area contributed by atoms with Crippen molar-refractivity contribution in [2.75, 3.05) is 13.1 Å². The molecule has 388 valence electrons. The Labute approximate surface area is 427 Å². The third-order valence-electron chi connectivity index (χ3n) is 13.0. The van der Waals surface area contributed by atoms with Crippen molar-refractivity contribution in [2.24, 2.45) is 5.73 Å². The van der Waals surface area contributed by atoms with Crippen LogP contribution in [0, 0.1) is 6.92 Å². The maximum atomic E-state index is 14.8. The van der Waals surface area contributed by atoms with E-state index < -0.39 is 77.8 Å². The van der Waals surface area contributed by atoms with Crippen LogP contribution in [0.15, 0.2) is 115 Å². The van der Waals surface area contributed by atoms with Crippen molar-refractivity contribution < 1.29 is 38.7 Å². The fourth-order valence-electron chi connectivity index (χ4n) is 8.93. The Hall–Kier alpha value is -7.37. The molecule has 1 aliphatic heterocycles. The van der Waals surface area contributed by atoms with Crippen LogP contribution >= 0.6 is 0 Å². The van der Waals surface area contributed by atoms with Crippen molar-refractivity contribution in [3.63, 3.8) is 0 Å². The topological polar surface area (TPSA) is 266 Å². The number of benzene rings is 4. The van der Waals surface area contributed by atoms with Crippen LogP contribution in [0.5, 0.6) is 0 Å². The smallest absolute Gasteiger partial charge is 0.245 e. The molecule has 2 heterocycles. The van der Waals surface area contributed by atoms with Crippen LogP contribution in [-0.4, -0.2) is 107 Å². The number of unbranched alkanes of at least 4 members (excludes halogenated alkanes) is 1. The lowest BCUT2D eigenvalue weighted by Crippen LogP contribution is -2.61. The fourth-order valence-corrected chi connectivity index (χ4v) is 8.93. The van der Waals surface area contributed by atoms with Gasteiger partial charge in [-0.15, -0.1) is 0 Å². The molecule has 1 aromatic heterocycles. The van der Waals surface area contributed by atoms with E-state index in [1.807, 2.05) is 116 Å². The van der Waals surface area contributed by atoms with Gasteiger partial charge >= 0.3 is 0 Å². The number of amides is 7. The van der Waals surface area contributed by atoms with Crippen molar-refractivity contribution in [1.82, 2.24) is 42.2 Å². The van der Waals surface area contributed by atoms with Crippen molar-refractivity contribution in [1.29, 1.82) is 0 Å². The van der Waals surface area contributed by atoms with Gasteiger partial charge < -0.3 is 53.0 Å². The van der Waals surface area contributed by atoms with Crippen LogP contribution in [0.4, 0.5) is 0 Å². The van der Waals surface area contributed by atoms with Gasteiger partial charge in [-0.2, -0.15) is 0 Å². The molecule has 0 unspecified atom stereocenters. The summed E-state index contributed by atoms with van der Waals surface area (Å²) in [5.74, 6) is -4.44. The molecule has 0 saturated carbocycles. The molecule has 1 aliphatic rings. The minimum Gasteiger partial charge on any atom is -0.391 e. The van der Waals surface area contributed by atoms with Crippen LogP contribution in [0.2, 0.25) is 0 Å². The molecule has 5 aromatic rings. The number of aliphatic hydroxyl groups excluding tert-OH is 1. The number of rotatable bonds is 13. The third kappa shape index (κ3) is 17.1. The summed E-state index contributed by atoms with van der Waals surface area (Å²) in [5, 5.41) is 31.7. The van der Waals surface area contributed by atoms with E-state index in [-0.39, 0.29) is 51.0 Å². The number of hydrogen-bond donors (Lipinski definition) is 10. The van der Waals surface area contributed by atoms with E-state index in [2.05, 4.69) is 42.2 Å². The van der Waals surface area contributed by atoms with Crippen LogP contribution in [-0.2, 0) is 59.2 Å². The van der Waals surface area contributed by atoms with E-state index in [0.29, 0.717) is 50.6 Å². The van der Waals surface area contributed by atoms with Crippen LogP contribution in [0.25, 0.3) is 10.9 Å². The quantitative estimate of drug-likeness (QED) is 0.0776. The summed E-state index contributed by atoms with van der Waals surface area (Å²) in [6.45, 7) is 3.86. The highest BCUT2D eigenvalue weighted by atomic mass is 16.3. The standard InChI is InChI=1S/C56H71N9O8/c1-36-26-27-43-42(30-36)41(35-59-43)34-48-55(72)61-44(24-15-16-28-57)52(69)65-50(37(2)66)56(73)64-45(31-38-18-8-5-9-19-38)51(68)58-29-17-4-3-14-25-49(67)60-46(32-39-20-10-6-11-21-39)53(70)62-47(54(71)63-48)33-40-22-12-7-13-23-40/h5-13,18-23,26-27,30,35,37,44-48,50,59,66H,3-4,14-17,24-25,28-29,31-34,57H2,1-2H3,(H,58,68)(H,60,67)(H,61,72)(H,62,70)(H,63,71)(H,64,73)(H,65,69)/t37-,44+,45+,46+,47+,48+,50+/m1/s1. The van der Waals surface area contributed by atoms with Crippen LogP contribution in [0.3, 0.4) is 0 Å². The molecule has 1 saturated heterocycles. The fraction of sp³-hybridized carbons (Fsp3) is 0.411. The molecular formula is C56H71N9O8. The van der Waals surface area contributed by atoms with E-state index in [9.17, 15) is 38.7 Å². The first kappa shape index (κ1) is 55.0. The normalized spacial score (nSPS) is 22.2. The van der Waals surface area contributed by atoms with Crippen molar-refractivity contribution >= 4 is 52.3 Å². The molecule has 17 heteroatoms. The Morgan fingerprint density at radius 2 is 1.04 bits per heavy atom. The SMILES string of the molecule is Cc1ccc2[nH]cc(C[C@@H]3NC(=O)[C@H](Cc4ccccc4)NC(=O)[C@H](Cc4ccccc4)NC(=O)CCCCCCNC(=O)[C@H](Cc4ccccc4)NC(=O)[C@H]([C@@H](C)O)NC(=O)[C@H](CCCCN)NC3=O)c2c1. The van der Waals surface area contributed by atoms with Gasteiger partial charge in [0.2, 0.25) is 41.4 Å². The largest absolute Gasteiger partial charge is 0.391 e. The average Bonchev–Trinajstić information content (AvgIpc) is 3.77. The number of carbonyl (C=O) groups excluding carboxylic acids is 7. The van der Waals surface area contributed by atoms with Crippen LogP contribution in [0.1, 0.15) is 86.1 Å². The Kier molecular flexibility index (Phi) is 21.1. The second-order valence-corrected chi connectivity index (χ2v) is 19.0. The highest BCUT2D eigenvalue weighted by Crippen LogP contribution is 2.22. The lowest BCUT2D eigenvalue weighted by Gasteiger charge is -2.28. The first-order valence-corrected chi connectivity index (χ1v) is 25.4. The molecule has 73 heavy (non-hydrogen) atoms. The first-order valence-electron chi connectivity index (χ1n) is 25.4. The second kappa shape index (κ2) is 28.0. The molecule has 7 amide bonds. The molecule has 7 atom stereocenters. The molecule has 0 radical (unpaired) electrons. The first-order chi connectivity index (χ1) is 35.3. The number of nitrogens with two attached hydrogens (primary N) is 1.